The van der Waals surface area contributed by atoms with E-state index in [1.165, 1.54) is 0 Å². The molecule has 182 valence electrons. The number of nitrogens with zero attached hydrogens (tertiary/aromatic N) is 5. The molecule has 3 aromatic rings. The van der Waals surface area contributed by atoms with Gasteiger partial charge in [0, 0.05) is 50.0 Å². The van der Waals surface area contributed by atoms with E-state index in [2.05, 4.69) is 25.1 Å². The molecule has 5 rings (SSSR count). The Kier molecular flexibility index (Phi) is 6.54. The van der Waals surface area contributed by atoms with E-state index >= 15 is 0 Å². The lowest BCUT2D eigenvalue weighted by Crippen LogP contribution is -2.49. The van der Waals surface area contributed by atoms with Crippen molar-refractivity contribution in [1.82, 2.24) is 24.8 Å². The average Bonchev–Trinajstić information content (AvgIpc) is 3.38. The van der Waals surface area contributed by atoms with Gasteiger partial charge in [-0.25, -0.2) is 4.98 Å². The van der Waals surface area contributed by atoms with Gasteiger partial charge in [0.2, 0.25) is 11.7 Å². The molecule has 0 atom stereocenters. The zero-order chi connectivity index (χ0) is 23.5. The van der Waals surface area contributed by atoms with E-state index in [9.17, 15) is 0 Å². The first-order valence-corrected chi connectivity index (χ1v) is 11.5. The summed E-state index contributed by atoms with van der Waals surface area (Å²) < 4.78 is 21.9. The van der Waals surface area contributed by atoms with E-state index in [0.29, 0.717) is 40.7 Å². The summed E-state index contributed by atoms with van der Waals surface area (Å²) in [6, 6.07) is 4.28. The minimum Gasteiger partial charge on any atom is -0.493 e. The van der Waals surface area contributed by atoms with Crippen LogP contribution in [0.2, 0.25) is 0 Å². The van der Waals surface area contributed by atoms with Gasteiger partial charge < -0.3 is 34.1 Å². The molecule has 0 bridgehead atoms. The summed E-state index contributed by atoms with van der Waals surface area (Å²) in [6.07, 6.45) is 3.80. The summed E-state index contributed by atoms with van der Waals surface area (Å²) >= 11 is 0. The number of aromatic nitrogens is 4. The molecule has 2 fully saturated rings. The Hall–Kier alpha value is -3.31. The molecule has 0 saturated carbocycles. The molecule has 0 spiro atoms. The van der Waals surface area contributed by atoms with Crippen molar-refractivity contribution in [2.45, 2.75) is 18.9 Å². The Morgan fingerprint density at radius 3 is 2.32 bits per heavy atom. The third-order valence-corrected chi connectivity index (χ3v) is 6.51. The summed E-state index contributed by atoms with van der Waals surface area (Å²) in [6.45, 7) is 5.50. The Bertz CT molecular complexity index is 1100. The predicted octanol–water partition coefficient (Wildman–Crippen LogP) is 2.42. The van der Waals surface area contributed by atoms with E-state index in [-0.39, 0.29) is 0 Å². The molecule has 11 heteroatoms. The summed E-state index contributed by atoms with van der Waals surface area (Å²) in [4.78, 5) is 21.9. The lowest BCUT2D eigenvalue weighted by atomic mass is 10.0. The number of morpholine rings is 1. The number of imidazole rings is 1. The molecule has 2 aliphatic rings. The van der Waals surface area contributed by atoms with Gasteiger partial charge in [-0.05, 0) is 12.8 Å². The number of fused-ring (bicyclic) bond motifs is 1. The molecule has 1 aromatic carbocycles. The van der Waals surface area contributed by atoms with E-state index in [0.717, 1.165) is 63.4 Å². The highest BCUT2D eigenvalue weighted by molar-refractivity contribution is 5.86. The fraction of sp³-hybridized carbons (Fsp3) is 0.522. The van der Waals surface area contributed by atoms with Crippen LogP contribution < -0.4 is 24.4 Å². The SMILES string of the molecule is COc1cc(Nc2nc(N3CCC(N4CCOCC4)CC3)nc3nc[nH]c23)cc(OC)c1OC. The molecule has 2 aromatic heterocycles. The van der Waals surface area contributed by atoms with Crippen molar-refractivity contribution >= 4 is 28.6 Å². The normalized spacial score (nSPS) is 17.7. The van der Waals surface area contributed by atoms with Crippen molar-refractivity contribution in [1.29, 1.82) is 0 Å². The highest BCUT2D eigenvalue weighted by Gasteiger charge is 2.27. The largest absolute Gasteiger partial charge is 0.493 e. The summed E-state index contributed by atoms with van der Waals surface area (Å²) in [5.41, 5.74) is 2.11. The van der Waals surface area contributed by atoms with E-state index in [1.54, 1.807) is 27.7 Å². The number of hydrogen-bond acceptors (Lipinski definition) is 10. The summed E-state index contributed by atoms with van der Waals surface area (Å²) in [5.74, 6) is 2.97. The number of hydrogen-bond donors (Lipinski definition) is 2. The number of methoxy groups -OCH3 is 3. The quantitative estimate of drug-likeness (QED) is 0.535. The molecule has 0 unspecified atom stereocenters. The molecular formula is C23H31N7O4. The van der Waals surface area contributed by atoms with Gasteiger partial charge in [-0.15, -0.1) is 0 Å². The van der Waals surface area contributed by atoms with Crippen LogP contribution in [0.3, 0.4) is 0 Å². The minimum atomic E-state index is 0.536. The molecular weight excluding hydrogens is 438 g/mol. The van der Waals surface area contributed by atoms with Crippen LogP contribution in [0.15, 0.2) is 18.5 Å². The van der Waals surface area contributed by atoms with Gasteiger partial charge in [0.05, 0.1) is 40.9 Å². The molecule has 34 heavy (non-hydrogen) atoms. The zero-order valence-corrected chi connectivity index (χ0v) is 19.8. The van der Waals surface area contributed by atoms with Gasteiger partial charge in [-0.2, -0.15) is 9.97 Å². The highest BCUT2D eigenvalue weighted by atomic mass is 16.5. The fourth-order valence-corrected chi connectivity index (χ4v) is 4.72. The standard InChI is InChI=1S/C23H31N7O4/c1-31-17-12-15(13-18(32-2)20(17)33-3)26-22-19-21(25-14-24-19)27-23(28-22)30-6-4-16(5-7-30)29-8-10-34-11-9-29/h12-14,16H,4-11H2,1-3H3,(H2,24,25,26,27,28). The monoisotopic (exact) mass is 469 g/mol. The molecule has 0 amide bonds. The maximum absolute atomic E-state index is 5.51. The Balaban J connectivity index is 1.39. The first kappa shape index (κ1) is 22.5. The second-order valence-electron chi connectivity index (χ2n) is 8.38. The zero-order valence-electron chi connectivity index (χ0n) is 19.8. The van der Waals surface area contributed by atoms with Crippen molar-refractivity contribution in [2.24, 2.45) is 0 Å². The maximum atomic E-state index is 5.51. The van der Waals surface area contributed by atoms with Crippen molar-refractivity contribution in [3.05, 3.63) is 18.5 Å². The Labute approximate surface area is 198 Å². The summed E-state index contributed by atoms with van der Waals surface area (Å²) in [5, 5.41) is 3.39. The highest BCUT2D eigenvalue weighted by Crippen LogP contribution is 2.41. The van der Waals surface area contributed by atoms with Gasteiger partial charge in [0.15, 0.2) is 23.0 Å². The van der Waals surface area contributed by atoms with Crippen molar-refractivity contribution in [3.8, 4) is 17.2 Å². The van der Waals surface area contributed by atoms with Crippen LogP contribution in [0.5, 0.6) is 17.2 Å². The lowest BCUT2D eigenvalue weighted by Gasteiger charge is -2.40. The van der Waals surface area contributed by atoms with Gasteiger partial charge in [0.25, 0.3) is 0 Å². The minimum absolute atomic E-state index is 0.536. The van der Waals surface area contributed by atoms with Crippen LogP contribution in [0.25, 0.3) is 11.2 Å². The summed E-state index contributed by atoms with van der Waals surface area (Å²) in [7, 11) is 4.77. The molecule has 0 aliphatic carbocycles. The molecule has 2 aliphatic heterocycles. The number of H-pyrrole nitrogens is 1. The van der Waals surface area contributed by atoms with Crippen LogP contribution in [0.4, 0.5) is 17.5 Å². The second-order valence-corrected chi connectivity index (χ2v) is 8.38. The fourth-order valence-electron chi connectivity index (χ4n) is 4.72. The van der Waals surface area contributed by atoms with E-state index in [1.807, 2.05) is 12.1 Å². The Morgan fingerprint density at radius 2 is 1.68 bits per heavy atom. The van der Waals surface area contributed by atoms with Crippen LogP contribution in [0, 0.1) is 0 Å². The molecule has 0 radical (unpaired) electrons. The van der Waals surface area contributed by atoms with Gasteiger partial charge in [-0.1, -0.05) is 0 Å². The van der Waals surface area contributed by atoms with Gasteiger partial charge >= 0.3 is 0 Å². The third kappa shape index (κ3) is 4.40. The molecule has 2 N–H and O–H groups in total. The van der Waals surface area contributed by atoms with E-state index in [4.69, 9.17) is 28.9 Å². The maximum Gasteiger partial charge on any atom is 0.229 e. The number of aromatic amines is 1. The topological polar surface area (TPSA) is 110 Å². The number of anilines is 3. The van der Waals surface area contributed by atoms with Crippen LogP contribution in [-0.2, 0) is 4.74 Å². The van der Waals surface area contributed by atoms with Crippen molar-refractivity contribution < 1.29 is 18.9 Å². The van der Waals surface area contributed by atoms with Crippen LogP contribution >= 0.6 is 0 Å². The molecule has 4 heterocycles. The van der Waals surface area contributed by atoms with Crippen LogP contribution in [-0.4, -0.2) is 91.6 Å². The molecule has 2 saturated heterocycles. The number of nitrogens with one attached hydrogen (secondary N) is 2. The number of benzene rings is 1. The molecule has 11 nitrogen and oxygen atoms in total. The number of piperidine rings is 1. The average molecular weight is 470 g/mol. The predicted molar refractivity (Wildman–Crippen MR) is 129 cm³/mol. The smallest absolute Gasteiger partial charge is 0.229 e. The first-order valence-electron chi connectivity index (χ1n) is 11.5. The third-order valence-electron chi connectivity index (χ3n) is 6.51. The van der Waals surface area contributed by atoms with Gasteiger partial charge in [0.1, 0.15) is 5.52 Å². The van der Waals surface area contributed by atoms with Gasteiger partial charge in [-0.3, -0.25) is 4.90 Å². The van der Waals surface area contributed by atoms with Crippen molar-refractivity contribution in [3.63, 3.8) is 0 Å². The number of ether oxygens (including phenoxy) is 4. The second kappa shape index (κ2) is 9.90. The van der Waals surface area contributed by atoms with Crippen molar-refractivity contribution in [2.75, 3.05) is 70.9 Å². The first-order chi connectivity index (χ1) is 16.7. The Morgan fingerprint density at radius 1 is 0.971 bits per heavy atom. The van der Waals surface area contributed by atoms with E-state index < -0.39 is 0 Å². The lowest BCUT2D eigenvalue weighted by molar-refractivity contribution is 0.0114. The van der Waals surface area contributed by atoms with Crippen LogP contribution in [0.1, 0.15) is 12.8 Å². The number of rotatable bonds is 7.